The van der Waals surface area contributed by atoms with Gasteiger partial charge in [0.1, 0.15) is 95.4 Å². The first-order chi connectivity index (χ1) is 25.7. The third kappa shape index (κ3) is 7.45. The molecule has 3 aliphatic heterocycles. The van der Waals surface area contributed by atoms with Gasteiger partial charge < -0.3 is 99.2 Å². The van der Waals surface area contributed by atoms with Crippen molar-refractivity contribution in [3.63, 3.8) is 0 Å². The lowest BCUT2D eigenvalue weighted by molar-refractivity contribution is -0.389. The lowest BCUT2D eigenvalue weighted by Gasteiger charge is -2.48. The Balaban J connectivity index is 1.40. The highest BCUT2D eigenvalue weighted by Gasteiger charge is 2.54. The molecule has 298 valence electrons. The molecule has 21 heteroatoms. The smallest absolute Gasteiger partial charge is 0.239 e. The molecule has 3 aromatic rings. The summed E-state index contributed by atoms with van der Waals surface area (Å²) in [6.45, 7) is -2.69. The van der Waals surface area contributed by atoms with E-state index in [1.807, 2.05) is 0 Å². The number of hydrogen-bond acceptors (Lipinski definition) is 21. The molecule has 0 unspecified atom stereocenters. The summed E-state index contributed by atoms with van der Waals surface area (Å²) < 4.78 is 40.2. The van der Waals surface area contributed by atoms with Gasteiger partial charge >= 0.3 is 0 Å². The highest BCUT2D eigenvalue weighted by Crippen LogP contribution is 2.39. The van der Waals surface area contributed by atoms with Gasteiger partial charge in [-0.3, -0.25) is 4.79 Å². The van der Waals surface area contributed by atoms with Crippen molar-refractivity contribution in [2.75, 3.05) is 19.8 Å². The average molecular weight is 773 g/mol. The van der Waals surface area contributed by atoms with E-state index in [1.165, 1.54) is 24.3 Å². The lowest BCUT2D eigenvalue weighted by atomic mass is 9.96. The number of ether oxygens (including phenoxy) is 6. The Labute approximate surface area is 303 Å². The van der Waals surface area contributed by atoms with Crippen molar-refractivity contribution in [1.82, 2.24) is 0 Å². The maximum Gasteiger partial charge on any atom is 0.239 e. The topological polar surface area (TPSA) is 349 Å². The van der Waals surface area contributed by atoms with E-state index in [4.69, 9.17) is 32.8 Å². The van der Waals surface area contributed by atoms with E-state index in [9.17, 15) is 71.2 Å². The Morgan fingerprint density at radius 1 is 0.574 bits per heavy atom. The minimum absolute atomic E-state index is 0.101. The molecule has 4 heterocycles. The molecule has 0 saturated carbocycles. The fourth-order valence-electron chi connectivity index (χ4n) is 6.39. The van der Waals surface area contributed by atoms with Gasteiger partial charge in [0.2, 0.25) is 17.5 Å². The largest absolute Gasteiger partial charge is 0.508 e. The molecule has 1 aromatic heterocycles. The minimum atomic E-state index is -2.08. The monoisotopic (exact) mass is 772 g/mol. The highest BCUT2D eigenvalue weighted by atomic mass is 16.8. The Kier molecular flexibility index (Phi) is 11.9. The fraction of sp³-hybridized carbons (Fsp3) is 0.545. The Hall–Kier alpha value is -3.75. The summed E-state index contributed by atoms with van der Waals surface area (Å²) in [5.74, 6) is -2.45. The normalized spacial score (nSPS) is 37.3. The van der Waals surface area contributed by atoms with Crippen LogP contribution in [0, 0.1) is 0 Å². The van der Waals surface area contributed by atoms with E-state index >= 15 is 0 Å². The van der Waals surface area contributed by atoms with Crippen LogP contribution in [-0.2, 0) is 23.7 Å². The van der Waals surface area contributed by atoms with Crippen LogP contribution in [0.4, 0.5) is 0 Å². The van der Waals surface area contributed by atoms with Gasteiger partial charge in [0, 0.05) is 17.7 Å². The molecule has 0 spiro atoms. The number of aliphatic hydroxyl groups is 10. The SMILES string of the molecule is O=c1c(O[C@@H]2O[C@H](CO)[C@@H](O)[C@H](O)[C@H]2O[C@@H]2O[C@H](CO)[C@H](O)[C@H](O)[C@H]2O[C@@H]2O[C@H](CO)[C@@H](O)[C@H](O)[C@H]2O)c(-c2ccc(O)cc2)oc2cc(O)cc(O)c12. The van der Waals surface area contributed by atoms with Crippen molar-refractivity contribution in [1.29, 1.82) is 0 Å². The van der Waals surface area contributed by atoms with E-state index in [2.05, 4.69) is 0 Å². The van der Waals surface area contributed by atoms with Crippen LogP contribution in [0.3, 0.4) is 0 Å². The van der Waals surface area contributed by atoms with Crippen molar-refractivity contribution in [3.05, 3.63) is 46.6 Å². The first-order valence-corrected chi connectivity index (χ1v) is 16.5. The van der Waals surface area contributed by atoms with Gasteiger partial charge in [-0.1, -0.05) is 0 Å². The molecular weight excluding hydrogens is 732 g/mol. The zero-order valence-electron chi connectivity index (χ0n) is 27.8. The van der Waals surface area contributed by atoms with Gasteiger partial charge in [-0.2, -0.15) is 0 Å². The van der Waals surface area contributed by atoms with E-state index in [0.29, 0.717) is 0 Å². The number of aliphatic hydroxyl groups excluding tert-OH is 10. The summed E-state index contributed by atoms with van der Waals surface area (Å²) in [6, 6.07) is 6.99. The van der Waals surface area contributed by atoms with Gasteiger partial charge in [0.05, 0.1) is 19.8 Å². The van der Waals surface area contributed by atoms with Crippen LogP contribution in [0.1, 0.15) is 0 Å². The van der Waals surface area contributed by atoms with E-state index in [1.54, 1.807) is 0 Å². The molecule has 13 N–H and O–H groups in total. The molecule has 0 aliphatic carbocycles. The molecular formula is C33H40O21. The predicted molar refractivity (Wildman–Crippen MR) is 173 cm³/mol. The molecule has 3 fully saturated rings. The van der Waals surface area contributed by atoms with Crippen molar-refractivity contribution in [3.8, 4) is 34.3 Å². The summed E-state index contributed by atoms with van der Waals surface area (Å²) in [5, 5.41) is 135. The van der Waals surface area contributed by atoms with Crippen LogP contribution in [0.2, 0.25) is 0 Å². The van der Waals surface area contributed by atoms with Gasteiger partial charge in [0.25, 0.3) is 0 Å². The molecule has 3 aliphatic rings. The molecule has 0 bridgehead atoms. The van der Waals surface area contributed by atoms with Gasteiger partial charge in [-0.15, -0.1) is 0 Å². The number of phenolic OH excluding ortho intramolecular Hbond substituents is 3. The number of rotatable bonds is 10. The van der Waals surface area contributed by atoms with Crippen molar-refractivity contribution in [2.45, 2.75) is 92.1 Å². The number of fused-ring (bicyclic) bond motifs is 1. The summed E-state index contributed by atoms with van der Waals surface area (Å²) in [6.07, 6.45) is -28.3. The highest BCUT2D eigenvalue weighted by molar-refractivity contribution is 5.88. The average Bonchev–Trinajstić information content (AvgIpc) is 3.14. The van der Waals surface area contributed by atoms with Crippen molar-refractivity contribution in [2.24, 2.45) is 0 Å². The first-order valence-electron chi connectivity index (χ1n) is 16.5. The molecule has 3 saturated heterocycles. The summed E-state index contributed by atoms with van der Waals surface area (Å²) >= 11 is 0. The first kappa shape index (κ1) is 39.9. The van der Waals surface area contributed by atoms with E-state index in [0.717, 1.165) is 12.1 Å². The number of hydrogen-bond donors (Lipinski definition) is 13. The third-order valence-corrected chi connectivity index (χ3v) is 9.36. The Morgan fingerprint density at radius 3 is 1.65 bits per heavy atom. The zero-order valence-corrected chi connectivity index (χ0v) is 27.8. The Bertz CT molecular complexity index is 1800. The van der Waals surface area contributed by atoms with Crippen LogP contribution in [0.25, 0.3) is 22.3 Å². The molecule has 15 atom stereocenters. The maximum absolute atomic E-state index is 14.0. The number of aromatic hydroxyl groups is 3. The Morgan fingerprint density at radius 2 is 1.07 bits per heavy atom. The lowest BCUT2D eigenvalue weighted by Crippen LogP contribution is -2.67. The molecule has 0 amide bonds. The third-order valence-electron chi connectivity index (χ3n) is 9.36. The van der Waals surface area contributed by atoms with Crippen LogP contribution in [0.15, 0.2) is 45.6 Å². The second kappa shape index (κ2) is 16.2. The number of benzene rings is 2. The number of phenols is 3. The van der Waals surface area contributed by atoms with Gasteiger partial charge in [-0.05, 0) is 24.3 Å². The summed E-state index contributed by atoms with van der Waals surface area (Å²) in [4.78, 5) is 14.0. The van der Waals surface area contributed by atoms with Crippen LogP contribution >= 0.6 is 0 Å². The molecule has 0 radical (unpaired) electrons. The molecule has 21 nitrogen and oxygen atoms in total. The second-order valence-electron chi connectivity index (χ2n) is 12.9. The van der Waals surface area contributed by atoms with E-state index in [-0.39, 0.29) is 22.7 Å². The van der Waals surface area contributed by atoms with Crippen LogP contribution in [-0.4, -0.2) is 178 Å². The summed E-state index contributed by atoms with van der Waals surface area (Å²) in [5.41, 5.74) is -1.26. The van der Waals surface area contributed by atoms with Crippen molar-refractivity contribution < 1.29 is 99.2 Å². The quantitative estimate of drug-likeness (QED) is 0.0922. The van der Waals surface area contributed by atoms with Gasteiger partial charge in [-0.25, -0.2) is 0 Å². The summed E-state index contributed by atoms with van der Waals surface area (Å²) in [7, 11) is 0. The van der Waals surface area contributed by atoms with Crippen molar-refractivity contribution >= 4 is 11.0 Å². The zero-order chi connectivity index (χ0) is 39.2. The van der Waals surface area contributed by atoms with Gasteiger partial charge in [0.15, 0.2) is 24.4 Å². The molecule has 2 aromatic carbocycles. The van der Waals surface area contributed by atoms with Crippen LogP contribution < -0.4 is 10.2 Å². The molecule has 54 heavy (non-hydrogen) atoms. The minimum Gasteiger partial charge on any atom is -0.508 e. The fourth-order valence-corrected chi connectivity index (χ4v) is 6.39. The second-order valence-corrected chi connectivity index (χ2v) is 12.9. The van der Waals surface area contributed by atoms with E-state index < -0.39 is 140 Å². The molecule has 6 rings (SSSR count). The maximum atomic E-state index is 14.0. The van der Waals surface area contributed by atoms with Crippen LogP contribution in [0.5, 0.6) is 23.0 Å². The predicted octanol–water partition coefficient (Wildman–Crippen LogP) is -4.60. The standard InChI is InChI=1S/C33H40O21/c34-7-15-19(40)23(44)26(47)31(49-15)53-29-24(45)20(41)17(9-36)51-33(29)54-30-25(46)21(42)16(8-35)50-32(30)52-28-22(43)18-13(39)5-12(38)6-14(18)48-27(28)10-1-3-11(37)4-2-10/h1-6,15-17,19-21,23-26,29-42,44-47H,7-9H2/t15-,16-,17-,19-,20+,21-,23+,24+,25+,26-,29-,30-,31+,32+,33+/m1/s1.